The third-order valence-corrected chi connectivity index (χ3v) is 7.96. The molecule has 2 aliphatic heterocycles. The predicted octanol–water partition coefficient (Wildman–Crippen LogP) is 3.83. The molecule has 0 unspecified atom stereocenters. The fourth-order valence-corrected chi connectivity index (χ4v) is 5.73. The summed E-state index contributed by atoms with van der Waals surface area (Å²) >= 11 is 0. The van der Waals surface area contributed by atoms with Crippen LogP contribution in [0.2, 0.25) is 0 Å². The summed E-state index contributed by atoms with van der Waals surface area (Å²) in [6.45, 7) is 0.458. The highest BCUT2D eigenvalue weighted by Gasteiger charge is 2.36. The first-order valence-electron chi connectivity index (χ1n) is 11.0. The van der Waals surface area contributed by atoms with Crippen molar-refractivity contribution in [2.24, 2.45) is 0 Å². The number of hydrogen-bond acceptors (Lipinski definition) is 6. The average molecular weight is 482 g/mol. The molecule has 0 fully saturated rings. The number of rotatable bonds is 6. The predicted molar refractivity (Wildman–Crippen MR) is 126 cm³/mol. The van der Waals surface area contributed by atoms with Crippen molar-refractivity contribution >= 4 is 21.3 Å². The molecule has 3 heterocycles. The number of amides is 1. The van der Waals surface area contributed by atoms with Crippen molar-refractivity contribution < 1.29 is 22.9 Å². The fraction of sp³-hybridized carbons (Fsp3) is 0.280. The molecule has 2 aliphatic rings. The van der Waals surface area contributed by atoms with Crippen LogP contribution in [0.3, 0.4) is 0 Å². The zero-order valence-corrected chi connectivity index (χ0v) is 19.4. The normalized spacial score (nSPS) is 18.2. The van der Waals surface area contributed by atoms with Crippen molar-refractivity contribution in [3.63, 3.8) is 0 Å². The molecule has 1 N–H and O–H groups in total. The van der Waals surface area contributed by atoms with Crippen molar-refractivity contribution in [3.05, 3.63) is 71.7 Å². The highest BCUT2D eigenvalue weighted by Crippen LogP contribution is 2.37. The molecule has 2 aromatic carbocycles. The Bertz CT molecular complexity index is 1360. The lowest BCUT2D eigenvalue weighted by Crippen LogP contribution is -2.40. The van der Waals surface area contributed by atoms with Gasteiger partial charge in [-0.15, -0.1) is 0 Å². The van der Waals surface area contributed by atoms with Gasteiger partial charge in [-0.2, -0.15) is 0 Å². The molecule has 0 saturated carbocycles. The molecule has 9 heteroatoms. The number of benzene rings is 2. The molecule has 0 spiro atoms. The van der Waals surface area contributed by atoms with Gasteiger partial charge in [0.1, 0.15) is 11.6 Å². The highest BCUT2D eigenvalue weighted by atomic mass is 32.2. The zero-order chi connectivity index (χ0) is 23.9. The molecule has 0 radical (unpaired) electrons. The number of pyridine rings is 1. The smallest absolute Gasteiger partial charge is 0.268 e. The quantitative estimate of drug-likeness (QED) is 0.578. The summed E-state index contributed by atoms with van der Waals surface area (Å²) < 4.78 is 46.5. The van der Waals surface area contributed by atoms with E-state index < -0.39 is 21.7 Å². The maximum atomic E-state index is 14.7. The number of ether oxygens (including phenoxy) is 2. The molecule has 176 valence electrons. The molecular formula is C25H24FN3O4S. The van der Waals surface area contributed by atoms with Crippen LogP contribution in [0.5, 0.6) is 5.75 Å². The number of fused-ring (bicyclic) bond motifs is 2. The average Bonchev–Trinajstić information content (AvgIpc) is 3.45. The summed E-state index contributed by atoms with van der Waals surface area (Å²) in [6, 6.07) is 14.1. The van der Waals surface area contributed by atoms with Gasteiger partial charge in [0, 0.05) is 37.5 Å². The van der Waals surface area contributed by atoms with Crippen molar-refractivity contribution in [1.29, 1.82) is 4.78 Å². The zero-order valence-electron chi connectivity index (χ0n) is 18.6. The van der Waals surface area contributed by atoms with Gasteiger partial charge in [-0.1, -0.05) is 6.07 Å². The van der Waals surface area contributed by atoms with E-state index in [1.54, 1.807) is 11.1 Å². The molecule has 1 amide bonds. The summed E-state index contributed by atoms with van der Waals surface area (Å²) in [4.78, 5) is 19.1. The first-order valence-corrected chi connectivity index (χ1v) is 12.7. The molecule has 0 aliphatic carbocycles. The van der Waals surface area contributed by atoms with Crippen LogP contribution in [0.15, 0.2) is 59.6 Å². The minimum atomic E-state index is -3.39. The first-order chi connectivity index (χ1) is 16.4. The van der Waals surface area contributed by atoms with Gasteiger partial charge in [0.05, 0.1) is 32.7 Å². The Balaban J connectivity index is 1.39. The monoisotopic (exact) mass is 481 g/mol. The second-order valence-corrected chi connectivity index (χ2v) is 10.6. The highest BCUT2D eigenvalue weighted by molar-refractivity contribution is 7.92. The Kier molecular flexibility index (Phi) is 5.83. The van der Waals surface area contributed by atoms with E-state index >= 15 is 0 Å². The van der Waals surface area contributed by atoms with Gasteiger partial charge in [0.15, 0.2) is 6.10 Å². The first kappa shape index (κ1) is 22.5. The number of methoxy groups -OCH3 is 1. The standard InChI is InChI=1S/C25H24FN3O4S/c1-32-10-11-34(27,31)24-15-21-17(13-19(24)26)7-9-29(21)25(30)23-14-18-12-16(5-6-22(18)33-23)20-4-2-3-8-28-20/h2-6,8,12-13,15,23,27H,7,9-11,14H2,1H3/t23-,34-/m1/s1. The molecule has 34 heavy (non-hydrogen) atoms. The van der Waals surface area contributed by atoms with Gasteiger partial charge < -0.3 is 14.4 Å². The minimum absolute atomic E-state index is 0.0795. The number of carbonyl (C=O) groups excluding carboxylic acids is 1. The van der Waals surface area contributed by atoms with E-state index in [0.717, 1.165) is 16.8 Å². The van der Waals surface area contributed by atoms with Gasteiger partial charge >= 0.3 is 0 Å². The Hall–Kier alpha value is -3.30. The molecule has 5 rings (SSSR count). The van der Waals surface area contributed by atoms with Crippen LogP contribution in [-0.4, -0.2) is 47.2 Å². The van der Waals surface area contributed by atoms with E-state index in [-0.39, 0.29) is 23.2 Å². The van der Waals surface area contributed by atoms with Crippen LogP contribution in [0, 0.1) is 10.6 Å². The van der Waals surface area contributed by atoms with Crippen molar-refractivity contribution in [2.75, 3.05) is 30.9 Å². The lowest BCUT2D eigenvalue weighted by Gasteiger charge is -2.22. The molecule has 0 bridgehead atoms. The van der Waals surface area contributed by atoms with E-state index in [2.05, 4.69) is 4.98 Å². The summed E-state index contributed by atoms with van der Waals surface area (Å²) in [5, 5.41) is 0. The number of hydrogen-bond donors (Lipinski definition) is 1. The van der Waals surface area contributed by atoms with Crippen LogP contribution in [-0.2, 0) is 32.1 Å². The van der Waals surface area contributed by atoms with Gasteiger partial charge in [-0.3, -0.25) is 9.78 Å². The molecule has 2 atom stereocenters. The van der Waals surface area contributed by atoms with Gasteiger partial charge in [-0.05, 0) is 60.0 Å². The number of nitrogens with zero attached hydrogens (tertiary/aromatic N) is 2. The molecule has 1 aromatic heterocycles. The topological polar surface area (TPSA) is 92.6 Å². The third kappa shape index (κ3) is 4.05. The Morgan fingerprint density at radius 2 is 2.12 bits per heavy atom. The van der Waals surface area contributed by atoms with Crippen molar-refractivity contribution in [3.8, 4) is 17.0 Å². The second-order valence-electron chi connectivity index (χ2n) is 8.37. The lowest BCUT2D eigenvalue weighted by molar-refractivity contribution is -0.124. The molecule has 0 saturated heterocycles. The summed E-state index contributed by atoms with van der Waals surface area (Å²) in [6.07, 6.45) is 1.93. The van der Waals surface area contributed by atoms with E-state index in [1.807, 2.05) is 36.4 Å². The van der Waals surface area contributed by atoms with Crippen LogP contribution >= 0.6 is 0 Å². The number of carbonyl (C=O) groups is 1. The third-order valence-electron chi connectivity index (χ3n) is 6.20. The lowest BCUT2D eigenvalue weighted by atomic mass is 10.0. The number of aromatic nitrogens is 1. The van der Waals surface area contributed by atoms with Crippen LogP contribution in [0.25, 0.3) is 11.3 Å². The maximum absolute atomic E-state index is 14.7. The van der Waals surface area contributed by atoms with Crippen molar-refractivity contribution in [2.45, 2.75) is 23.8 Å². The Labute approximate surface area is 197 Å². The molecule has 3 aromatic rings. The summed E-state index contributed by atoms with van der Waals surface area (Å²) in [5.74, 6) is -0.380. The number of nitrogens with one attached hydrogen (secondary N) is 1. The summed E-state index contributed by atoms with van der Waals surface area (Å²) in [5.41, 5.74) is 3.87. The number of halogens is 1. The second kappa shape index (κ2) is 8.81. The van der Waals surface area contributed by atoms with E-state index in [0.29, 0.717) is 36.4 Å². The number of anilines is 1. The largest absolute Gasteiger partial charge is 0.480 e. The van der Waals surface area contributed by atoms with E-state index in [4.69, 9.17) is 14.3 Å². The van der Waals surface area contributed by atoms with E-state index in [1.165, 1.54) is 19.2 Å². The molecular weight excluding hydrogens is 457 g/mol. The van der Waals surface area contributed by atoms with Crippen LogP contribution < -0.4 is 9.64 Å². The van der Waals surface area contributed by atoms with Gasteiger partial charge in [0.2, 0.25) is 0 Å². The Morgan fingerprint density at radius 3 is 2.88 bits per heavy atom. The van der Waals surface area contributed by atoms with E-state index in [9.17, 15) is 13.4 Å². The van der Waals surface area contributed by atoms with Gasteiger partial charge in [-0.25, -0.2) is 13.4 Å². The van der Waals surface area contributed by atoms with Gasteiger partial charge in [0.25, 0.3) is 5.91 Å². The minimum Gasteiger partial charge on any atom is -0.480 e. The Morgan fingerprint density at radius 1 is 1.26 bits per heavy atom. The van der Waals surface area contributed by atoms with Crippen molar-refractivity contribution in [1.82, 2.24) is 4.98 Å². The van der Waals surface area contributed by atoms with Crippen LogP contribution in [0.4, 0.5) is 10.1 Å². The van der Waals surface area contributed by atoms with Crippen LogP contribution in [0.1, 0.15) is 11.1 Å². The summed E-state index contributed by atoms with van der Waals surface area (Å²) in [7, 11) is -1.95. The maximum Gasteiger partial charge on any atom is 0.268 e. The fourth-order valence-electron chi connectivity index (χ4n) is 4.43. The molecule has 7 nitrogen and oxygen atoms in total. The SMILES string of the molecule is COCC[S@@](=N)(=O)c1cc2c(cc1F)CCN2C(=O)[C@H]1Cc2cc(-c3ccccn3)ccc2O1.